The van der Waals surface area contributed by atoms with Crippen molar-refractivity contribution in [2.24, 2.45) is 0 Å². The van der Waals surface area contributed by atoms with Crippen molar-refractivity contribution in [2.45, 2.75) is 17.4 Å². The van der Waals surface area contributed by atoms with Crippen molar-refractivity contribution >= 4 is 15.8 Å². The molecule has 1 fully saturated rings. The summed E-state index contributed by atoms with van der Waals surface area (Å²) in [7, 11) is -3.45. The Bertz CT molecular complexity index is 820. The van der Waals surface area contributed by atoms with E-state index in [0.29, 0.717) is 30.4 Å². The molecule has 0 spiro atoms. The number of nitrogens with one attached hydrogen (secondary N) is 1. The largest absolute Gasteiger partial charge is 0.493 e. The first-order valence-corrected chi connectivity index (χ1v) is 8.87. The molecule has 23 heavy (non-hydrogen) atoms. The fourth-order valence-electron chi connectivity index (χ4n) is 2.79. The Morgan fingerprint density at radius 1 is 1.26 bits per heavy atom. The van der Waals surface area contributed by atoms with E-state index >= 15 is 0 Å². The van der Waals surface area contributed by atoms with Gasteiger partial charge in [0.2, 0.25) is 10.0 Å². The summed E-state index contributed by atoms with van der Waals surface area (Å²) >= 11 is 0. The molecule has 2 aliphatic heterocycles. The van der Waals surface area contributed by atoms with Gasteiger partial charge in [0.05, 0.1) is 17.5 Å². The van der Waals surface area contributed by atoms with Crippen molar-refractivity contribution in [1.29, 1.82) is 0 Å². The van der Waals surface area contributed by atoms with Crippen LogP contribution in [0.4, 0.5) is 5.82 Å². The van der Waals surface area contributed by atoms with Crippen LogP contribution in [0.1, 0.15) is 5.56 Å². The van der Waals surface area contributed by atoms with Gasteiger partial charge in [-0.15, -0.1) is 5.10 Å². The van der Waals surface area contributed by atoms with Crippen molar-refractivity contribution in [3.63, 3.8) is 0 Å². The minimum absolute atomic E-state index is 0.0548. The molecule has 2 aliphatic rings. The first-order chi connectivity index (χ1) is 11.1. The van der Waals surface area contributed by atoms with E-state index in [2.05, 4.69) is 15.5 Å². The number of ether oxygens (including phenoxy) is 1. The zero-order chi connectivity index (χ0) is 15.9. The Hall–Kier alpha value is -2.19. The van der Waals surface area contributed by atoms with Gasteiger partial charge >= 0.3 is 0 Å². The molecule has 3 heterocycles. The number of rotatable bonds is 4. The molecule has 4 rings (SSSR count). The highest BCUT2D eigenvalue weighted by molar-refractivity contribution is 7.89. The van der Waals surface area contributed by atoms with Crippen LogP contribution in [0.25, 0.3) is 0 Å². The predicted molar refractivity (Wildman–Crippen MR) is 83.8 cm³/mol. The monoisotopic (exact) mass is 332 g/mol. The average molecular weight is 332 g/mol. The molecule has 1 aromatic carbocycles. The molecule has 0 atom stereocenters. The third kappa shape index (κ3) is 2.64. The molecule has 2 aromatic rings. The van der Waals surface area contributed by atoms with Crippen LogP contribution in [0, 0.1) is 0 Å². The van der Waals surface area contributed by atoms with Crippen LogP contribution in [0.3, 0.4) is 0 Å². The summed E-state index contributed by atoms with van der Waals surface area (Å²) in [6.45, 7) is 1.46. The molecular weight excluding hydrogens is 316 g/mol. The zero-order valence-corrected chi connectivity index (χ0v) is 13.2. The Kier molecular flexibility index (Phi) is 3.42. The van der Waals surface area contributed by atoms with Crippen molar-refractivity contribution in [3.8, 4) is 5.75 Å². The van der Waals surface area contributed by atoms with Crippen LogP contribution in [0.2, 0.25) is 0 Å². The number of aromatic nitrogens is 2. The summed E-state index contributed by atoms with van der Waals surface area (Å²) in [6, 6.07) is 8.73. The number of sulfonamides is 1. The molecule has 1 N–H and O–H groups in total. The summed E-state index contributed by atoms with van der Waals surface area (Å²) < 4.78 is 32.2. The molecule has 0 radical (unpaired) electrons. The van der Waals surface area contributed by atoms with Gasteiger partial charge in [-0.05, 0) is 35.9 Å². The topological polar surface area (TPSA) is 84.4 Å². The number of benzene rings is 1. The molecule has 8 heteroatoms. The third-order valence-corrected chi connectivity index (χ3v) is 5.90. The summed E-state index contributed by atoms with van der Waals surface area (Å²) in [6.07, 6.45) is 2.36. The number of hydrogen-bond donors (Lipinski definition) is 1. The van der Waals surface area contributed by atoms with Gasteiger partial charge in [0.25, 0.3) is 0 Å². The number of fused-ring (bicyclic) bond motifs is 1. The first-order valence-electron chi connectivity index (χ1n) is 7.43. The lowest BCUT2D eigenvalue weighted by molar-refractivity contribution is 0.280. The van der Waals surface area contributed by atoms with Crippen LogP contribution in [0.5, 0.6) is 5.75 Å². The van der Waals surface area contributed by atoms with E-state index in [-0.39, 0.29) is 6.04 Å². The van der Waals surface area contributed by atoms with Crippen molar-refractivity contribution < 1.29 is 13.2 Å². The van der Waals surface area contributed by atoms with Crippen LogP contribution < -0.4 is 10.1 Å². The SMILES string of the molecule is O=S(=O)(c1ccc2c(c1)CCO2)N1CC(Nc2cccnn2)C1. The second-order valence-corrected chi connectivity index (χ2v) is 7.58. The Balaban J connectivity index is 1.45. The van der Waals surface area contributed by atoms with Crippen molar-refractivity contribution in [3.05, 3.63) is 42.1 Å². The van der Waals surface area contributed by atoms with Gasteiger partial charge in [-0.1, -0.05) is 0 Å². The van der Waals surface area contributed by atoms with Gasteiger partial charge in [0.15, 0.2) is 0 Å². The van der Waals surface area contributed by atoms with E-state index < -0.39 is 10.0 Å². The lowest BCUT2D eigenvalue weighted by atomic mass is 10.2. The second kappa shape index (κ2) is 5.47. The number of anilines is 1. The molecule has 1 aromatic heterocycles. The van der Waals surface area contributed by atoms with Gasteiger partial charge in [0.1, 0.15) is 11.6 Å². The fraction of sp³-hybridized carbons (Fsp3) is 0.333. The summed E-state index contributed by atoms with van der Waals surface area (Å²) in [5.74, 6) is 1.44. The number of hydrogen-bond acceptors (Lipinski definition) is 6. The maximum atomic E-state index is 12.6. The van der Waals surface area contributed by atoms with Crippen LogP contribution in [-0.2, 0) is 16.4 Å². The first kappa shape index (κ1) is 14.4. The zero-order valence-electron chi connectivity index (χ0n) is 12.3. The lowest BCUT2D eigenvalue weighted by Crippen LogP contribution is -2.56. The normalized spacial score (nSPS) is 18.1. The molecule has 0 aliphatic carbocycles. The van der Waals surface area contributed by atoms with Gasteiger partial charge < -0.3 is 10.1 Å². The molecule has 0 bridgehead atoms. The van der Waals surface area contributed by atoms with Crippen molar-refractivity contribution in [2.75, 3.05) is 25.0 Å². The van der Waals surface area contributed by atoms with Gasteiger partial charge in [-0.2, -0.15) is 9.40 Å². The van der Waals surface area contributed by atoms with Crippen LogP contribution in [-0.4, -0.2) is 48.7 Å². The third-order valence-electron chi connectivity index (χ3n) is 4.07. The minimum Gasteiger partial charge on any atom is -0.493 e. The smallest absolute Gasteiger partial charge is 0.243 e. The fourth-order valence-corrected chi connectivity index (χ4v) is 4.37. The Labute approximate surface area is 134 Å². The molecule has 7 nitrogen and oxygen atoms in total. The van der Waals surface area contributed by atoms with E-state index in [1.807, 2.05) is 6.07 Å². The molecule has 1 saturated heterocycles. The summed E-state index contributed by atoms with van der Waals surface area (Å²) in [4.78, 5) is 0.333. The van der Waals surface area contributed by atoms with E-state index in [0.717, 1.165) is 17.7 Å². The quantitative estimate of drug-likeness (QED) is 0.895. The highest BCUT2D eigenvalue weighted by atomic mass is 32.2. The second-order valence-electron chi connectivity index (χ2n) is 5.64. The van der Waals surface area contributed by atoms with Crippen molar-refractivity contribution in [1.82, 2.24) is 14.5 Å². The predicted octanol–water partition coefficient (Wildman–Crippen LogP) is 0.897. The van der Waals surface area contributed by atoms with E-state index in [1.54, 1.807) is 30.5 Å². The summed E-state index contributed by atoms with van der Waals surface area (Å²) in [5.41, 5.74) is 0.959. The van der Waals surface area contributed by atoms with Gasteiger partial charge in [-0.25, -0.2) is 8.42 Å². The maximum Gasteiger partial charge on any atom is 0.243 e. The molecule has 120 valence electrons. The highest BCUT2D eigenvalue weighted by Crippen LogP contribution is 2.30. The molecule has 0 amide bonds. The van der Waals surface area contributed by atoms with Crippen LogP contribution in [0.15, 0.2) is 41.4 Å². The van der Waals surface area contributed by atoms with E-state index in [1.165, 1.54) is 4.31 Å². The molecule has 0 unspecified atom stereocenters. The molecule has 0 saturated carbocycles. The average Bonchev–Trinajstić information content (AvgIpc) is 2.99. The lowest BCUT2D eigenvalue weighted by Gasteiger charge is -2.38. The number of nitrogens with zero attached hydrogens (tertiary/aromatic N) is 3. The van der Waals surface area contributed by atoms with Gasteiger partial charge in [-0.3, -0.25) is 0 Å². The van der Waals surface area contributed by atoms with Crippen LogP contribution >= 0.6 is 0 Å². The minimum atomic E-state index is -3.45. The summed E-state index contributed by atoms with van der Waals surface area (Å²) in [5, 5.41) is 10.9. The highest BCUT2D eigenvalue weighted by Gasteiger charge is 2.37. The Morgan fingerprint density at radius 3 is 2.91 bits per heavy atom. The van der Waals surface area contributed by atoms with E-state index in [4.69, 9.17) is 4.74 Å². The van der Waals surface area contributed by atoms with E-state index in [9.17, 15) is 8.42 Å². The molecular formula is C15H16N4O3S. The Morgan fingerprint density at radius 2 is 2.13 bits per heavy atom. The standard InChI is InChI=1S/C15H16N4O3S/c20-23(21,13-3-4-14-11(8-13)5-7-22-14)19-9-12(10-19)17-15-2-1-6-16-18-15/h1-4,6,8,12H,5,7,9-10H2,(H,17,18). The van der Waals surface area contributed by atoms with Gasteiger partial charge in [0, 0.05) is 25.7 Å². The maximum absolute atomic E-state index is 12.6.